The predicted molar refractivity (Wildman–Crippen MR) is 104 cm³/mol. The number of nitrogens with zero attached hydrogens (tertiary/aromatic N) is 1. The van der Waals surface area contributed by atoms with Gasteiger partial charge in [0.2, 0.25) is 5.91 Å². The summed E-state index contributed by atoms with van der Waals surface area (Å²) >= 11 is 1.16. The van der Waals surface area contributed by atoms with Crippen LogP contribution in [0.25, 0.3) is 0 Å². The molecule has 1 aliphatic rings. The Labute approximate surface area is 163 Å². The van der Waals surface area contributed by atoms with Crippen molar-refractivity contribution in [1.82, 2.24) is 4.31 Å². The van der Waals surface area contributed by atoms with Crippen LogP contribution >= 0.6 is 11.3 Å². The van der Waals surface area contributed by atoms with Crippen LogP contribution in [0.2, 0.25) is 0 Å². The molecule has 146 valence electrons. The number of hydrogen-bond acceptors (Lipinski definition) is 6. The fourth-order valence-corrected chi connectivity index (χ4v) is 5.69. The van der Waals surface area contributed by atoms with Gasteiger partial charge in [-0.25, -0.2) is 8.42 Å². The molecule has 0 radical (unpaired) electrons. The van der Waals surface area contributed by atoms with Crippen LogP contribution in [-0.2, 0) is 19.6 Å². The normalized spacial score (nSPS) is 17.7. The Bertz CT molecular complexity index is 850. The van der Waals surface area contributed by atoms with Crippen LogP contribution in [0.3, 0.4) is 0 Å². The Balaban J connectivity index is 1.65. The lowest BCUT2D eigenvalue weighted by atomic mass is 10.2. The zero-order chi connectivity index (χ0) is 19.3. The second-order valence-electron chi connectivity index (χ2n) is 6.06. The van der Waals surface area contributed by atoms with Crippen LogP contribution < -0.4 is 10.1 Å². The van der Waals surface area contributed by atoms with E-state index in [1.807, 2.05) is 0 Å². The standard InChI is InChI=1S/C18H22N2O5S2/c1-24-11-12-25-15-8-6-14(7-9-15)19-18(21)16-4-2-10-20(16)27(22,23)17-5-3-13-26-17/h3,5-9,13,16H,2,4,10-12H2,1H3,(H,19,21). The van der Waals surface area contributed by atoms with Crippen LogP contribution in [0.15, 0.2) is 46.0 Å². The van der Waals surface area contributed by atoms with E-state index in [0.29, 0.717) is 44.0 Å². The summed E-state index contributed by atoms with van der Waals surface area (Å²) in [4.78, 5) is 12.7. The molecular weight excluding hydrogens is 388 g/mol. The topological polar surface area (TPSA) is 84.9 Å². The second kappa shape index (κ2) is 8.83. The van der Waals surface area contributed by atoms with Gasteiger partial charge in [0, 0.05) is 19.3 Å². The van der Waals surface area contributed by atoms with Gasteiger partial charge in [-0.15, -0.1) is 11.3 Å². The molecule has 1 N–H and O–H groups in total. The average Bonchev–Trinajstić information content (AvgIpc) is 3.36. The van der Waals surface area contributed by atoms with Gasteiger partial charge < -0.3 is 14.8 Å². The first-order chi connectivity index (χ1) is 13.0. The molecule has 2 aromatic rings. The van der Waals surface area contributed by atoms with Gasteiger partial charge in [0.05, 0.1) is 6.61 Å². The number of benzene rings is 1. The molecule has 1 fully saturated rings. The molecule has 3 rings (SSSR count). The molecule has 2 heterocycles. The SMILES string of the molecule is COCCOc1ccc(NC(=O)C2CCCN2S(=O)(=O)c2cccs2)cc1. The zero-order valence-corrected chi connectivity index (χ0v) is 16.6. The van der Waals surface area contributed by atoms with E-state index in [9.17, 15) is 13.2 Å². The third-order valence-electron chi connectivity index (χ3n) is 4.24. The number of sulfonamides is 1. The van der Waals surface area contributed by atoms with Crippen LogP contribution in [0, 0.1) is 0 Å². The number of rotatable bonds is 8. The molecule has 1 saturated heterocycles. The highest BCUT2D eigenvalue weighted by atomic mass is 32.2. The van der Waals surface area contributed by atoms with Gasteiger partial charge >= 0.3 is 0 Å². The van der Waals surface area contributed by atoms with Gasteiger partial charge in [-0.1, -0.05) is 6.07 Å². The van der Waals surface area contributed by atoms with Crippen molar-refractivity contribution < 1.29 is 22.7 Å². The summed E-state index contributed by atoms with van der Waals surface area (Å²) in [5, 5.41) is 4.52. The maximum absolute atomic E-state index is 12.8. The van der Waals surface area contributed by atoms with E-state index in [2.05, 4.69) is 5.32 Å². The number of hydrogen-bond donors (Lipinski definition) is 1. The van der Waals surface area contributed by atoms with Crippen LogP contribution in [0.5, 0.6) is 5.75 Å². The lowest BCUT2D eigenvalue weighted by Gasteiger charge is -2.22. The van der Waals surface area contributed by atoms with Crippen LogP contribution in [0.1, 0.15) is 12.8 Å². The zero-order valence-electron chi connectivity index (χ0n) is 15.0. The van der Waals surface area contributed by atoms with Crippen molar-refractivity contribution in [3.63, 3.8) is 0 Å². The fourth-order valence-electron chi connectivity index (χ4n) is 2.92. The largest absolute Gasteiger partial charge is 0.491 e. The Morgan fingerprint density at radius 2 is 2.04 bits per heavy atom. The van der Waals surface area contributed by atoms with Crippen molar-refractivity contribution in [2.75, 3.05) is 32.2 Å². The van der Waals surface area contributed by atoms with Crippen molar-refractivity contribution in [3.8, 4) is 5.75 Å². The van der Waals surface area contributed by atoms with Crippen molar-refractivity contribution in [2.45, 2.75) is 23.1 Å². The maximum atomic E-state index is 12.8. The Kier molecular flexibility index (Phi) is 6.48. The van der Waals surface area contributed by atoms with Crippen molar-refractivity contribution in [3.05, 3.63) is 41.8 Å². The van der Waals surface area contributed by atoms with E-state index in [0.717, 1.165) is 11.3 Å². The van der Waals surface area contributed by atoms with E-state index < -0.39 is 16.1 Å². The number of ether oxygens (including phenoxy) is 2. The molecule has 0 spiro atoms. The molecule has 1 unspecified atom stereocenters. The van der Waals surface area contributed by atoms with Crippen LogP contribution in [-0.4, -0.2) is 51.5 Å². The smallest absolute Gasteiger partial charge is 0.253 e. The Hall–Kier alpha value is -1.94. The highest BCUT2D eigenvalue weighted by Gasteiger charge is 2.39. The molecule has 7 nitrogen and oxygen atoms in total. The van der Waals surface area contributed by atoms with Gasteiger partial charge in [0.1, 0.15) is 22.6 Å². The van der Waals surface area contributed by atoms with Crippen molar-refractivity contribution in [1.29, 1.82) is 0 Å². The molecular formula is C18H22N2O5S2. The lowest BCUT2D eigenvalue weighted by molar-refractivity contribution is -0.119. The van der Waals surface area contributed by atoms with Gasteiger partial charge in [-0.3, -0.25) is 4.79 Å². The number of carbonyl (C=O) groups excluding carboxylic acids is 1. The van der Waals surface area contributed by atoms with E-state index in [-0.39, 0.29) is 10.1 Å². The fraction of sp³-hybridized carbons (Fsp3) is 0.389. The number of anilines is 1. The minimum Gasteiger partial charge on any atom is -0.491 e. The summed E-state index contributed by atoms with van der Waals surface area (Å²) < 4.78 is 37.5. The summed E-state index contributed by atoms with van der Waals surface area (Å²) in [7, 11) is -2.04. The molecule has 1 aromatic heterocycles. The quantitative estimate of drug-likeness (QED) is 0.676. The first-order valence-corrected chi connectivity index (χ1v) is 10.9. The molecule has 27 heavy (non-hydrogen) atoms. The number of amides is 1. The molecule has 1 aliphatic heterocycles. The monoisotopic (exact) mass is 410 g/mol. The van der Waals surface area contributed by atoms with Gasteiger partial charge in [-0.2, -0.15) is 4.31 Å². The molecule has 9 heteroatoms. The van der Waals surface area contributed by atoms with Gasteiger partial charge in [-0.05, 0) is 48.6 Å². The highest BCUT2D eigenvalue weighted by molar-refractivity contribution is 7.91. The average molecular weight is 411 g/mol. The highest BCUT2D eigenvalue weighted by Crippen LogP contribution is 2.29. The molecule has 0 aliphatic carbocycles. The first-order valence-electron chi connectivity index (χ1n) is 8.60. The molecule has 1 amide bonds. The number of thiophene rings is 1. The summed E-state index contributed by atoms with van der Waals surface area (Å²) in [5.74, 6) is 0.355. The number of nitrogens with one attached hydrogen (secondary N) is 1. The first kappa shape index (κ1) is 19.8. The maximum Gasteiger partial charge on any atom is 0.253 e. The summed E-state index contributed by atoms with van der Waals surface area (Å²) in [5.41, 5.74) is 0.597. The molecule has 1 aromatic carbocycles. The third-order valence-corrected chi connectivity index (χ3v) is 7.52. The second-order valence-corrected chi connectivity index (χ2v) is 9.13. The molecule has 0 saturated carbocycles. The van der Waals surface area contributed by atoms with Gasteiger partial charge in [0.25, 0.3) is 10.0 Å². The minimum atomic E-state index is -3.64. The summed E-state index contributed by atoms with van der Waals surface area (Å²) in [6.45, 7) is 1.29. The van der Waals surface area contributed by atoms with Crippen molar-refractivity contribution in [2.24, 2.45) is 0 Å². The van der Waals surface area contributed by atoms with E-state index >= 15 is 0 Å². The third kappa shape index (κ3) is 4.67. The minimum absolute atomic E-state index is 0.264. The van der Waals surface area contributed by atoms with Gasteiger partial charge in [0.15, 0.2) is 0 Å². The number of carbonyl (C=O) groups is 1. The molecule has 1 atom stereocenters. The van der Waals surface area contributed by atoms with Crippen LogP contribution in [0.4, 0.5) is 5.69 Å². The van der Waals surface area contributed by atoms with E-state index in [1.54, 1.807) is 48.9 Å². The van der Waals surface area contributed by atoms with E-state index in [4.69, 9.17) is 9.47 Å². The Morgan fingerprint density at radius 3 is 2.70 bits per heavy atom. The summed E-state index contributed by atoms with van der Waals surface area (Å²) in [6, 6.07) is 9.52. The molecule has 0 bridgehead atoms. The lowest BCUT2D eigenvalue weighted by Crippen LogP contribution is -2.42. The number of methoxy groups -OCH3 is 1. The summed E-state index contributed by atoms with van der Waals surface area (Å²) in [6.07, 6.45) is 1.17. The predicted octanol–water partition coefficient (Wildman–Crippen LogP) is 2.57. The van der Waals surface area contributed by atoms with E-state index in [1.165, 1.54) is 4.31 Å². The van der Waals surface area contributed by atoms with Crippen molar-refractivity contribution >= 4 is 33.0 Å². The Morgan fingerprint density at radius 1 is 1.26 bits per heavy atom.